The minimum atomic E-state index is -0.566. The average molecular weight is 433 g/mol. The highest BCUT2D eigenvalue weighted by Crippen LogP contribution is 2.31. The van der Waals surface area contributed by atoms with E-state index < -0.39 is 10.9 Å². The van der Waals surface area contributed by atoms with Gasteiger partial charge in [0, 0.05) is 23.6 Å². The van der Waals surface area contributed by atoms with Gasteiger partial charge in [-0.25, -0.2) is 4.79 Å². The third-order valence-corrected chi connectivity index (χ3v) is 5.17. The van der Waals surface area contributed by atoms with E-state index in [0.29, 0.717) is 5.69 Å². The summed E-state index contributed by atoms with van der Waals surface area (Å²) in [5, 5.41) is 11.6. The molecule has 0 saturated carbocycles. The van der Waals surface area contributed by atoms with Gasteiger partial charge in [0.15, 0.2) is 0 Å². The van der Waals surface area contributed by atoms with Crippen LogP contribution in [0.1, 0.15) is 41.6 Å². The lowest BCUT2D eigenvalue weighted by Gasteiger charge is -2.22. The van der Waals surface area contributed by atoms with Crippen molar-refractivity contribution < 1.29 is 14.5 Å². The van der Waals surface area contributed by atoms with E-state index in [4.69, 9.17) is 4.74 Å². The van der Waals surface area contributed by atoms with Crippen molar-refractivity contribution in [2.45, 2.75) is 32.3 Å². The molecule has 7 heteroatoms. The number of halogens is 1. The summed E-state index contributed by atoms with van der Waals surface area (Å²) >= 11 is 3.35. The third kappa shape index (κ3) is 5.07. The van der Waals surface area contributed by atoms with Crippen LogP contribution in [0, 0.1) is 10.1 Å². The van der Waals surface area contributed by atoms with Gasteiger partial charge in [0.05, 0.1) is 10.5 Å². The minimum absolute atomic E-state index is 0.0463. The molecule has 0 amide bonds. The highest BCUT2D eigenvalue weighted by Gasteiger charge is 2.23. The molecule has 0 aliphatic carbocycles. The van der Waals surface area contributed by atoms with E-state index in [2.05, 4.69) is 15.9 Å². The van der Waals surface area contributed by atoms with Gasteiger partial charge in [0.25, 0.3) is 5.69 Å². The number of rotatable bonds is 5. The van der Waals surface area contributed by atoms with Crippen molar-refractivity contribution >= 4 is 33.3 Å². The predicted octanol–water partition coefficient (Wildman–Crippen LogP) is 5.09. The zero-order valence-corrected chi connectivity index (χ0v) is 16.5. The smallest absolute Gasteiger partial charge is 0.338 e. The Hall–Kier alpha value is -2.41. The van der Waals surface area contributed by atoms with Crippen LogP contribution >= 0.6 is 15.9 Å². The summed E-state index contributed by atoms with van der Waals surface area (Å²) in [6.45, 7) is 1.72. The number of nitrogens with zero attached hydrogens (tertiary/aromatic N) is 2. The maximum absolute atomic E-state index is 12.3. The molecule has 0 spiro atoms. The van der Waals surface area contributed by atoms with Crippen LogP contribution in [0.15, 0.2) is 46.9 Å². The van der Waals surface area contributed by atoms with E-state index in [1.807, 2.05) is 29.2 Å². The molecule has 2 aromatic carbocycles. The van der Waals surface area contributed by atoms with E-state index >= 15 is 0 Å². The normalized spacial score (nSPS) is 14.5. The van der Waals surface area contributed by atoms with E-state index in [1.54, 1.807) is 12.1 Å². The van der Waals surface area contributed by atoms with Crippen LogP contribution in [-0.2, 0) is 11.3 Å². The number of ether oxygens (including phenoxy) is 1. The molecule has 1 aliphatic rings. The van der Waals surface area contributed by atoms with Gasteiger partial charge < -0.3 is 9.64 Å². The second-order valence-electron chi connectivity index (χ2n) is 6.56. The number of carbonyl (C=O) groups excluding carboxylic acids is 1. The van der Waals surface area contributed by atoms with Gasteiger partial charge in [-0.05, 0) is 42.7 Å². The fraction of sp³-hybridized carbons (Fsp3) is 0.350. The van der Waals surface area contributed by atoms with Crippen LogP contribution in [0.4, 0.5) is 11.4 Å². The number of hydrogen-bond donors (Lipinski definition) is 0. The zero-order chi connectivity index (χ0) is 19.2. The van der Waals surface area contributed by atoms with Crippen LogP contribution < -0.4 is 4.90 Å². The zero-order valence-electron chi connectivity index (χ0n) is 14.9. The van der Waals surface area contributed by atoms with E-state index in [1.165, 1.54) is 6.07 Å². The van der Waals surface area contributed by atoms with Crippen molar-refractivity contribution in [3.63, 3.8) is 0 Å². The maximum atomic E-state index is 12.3. The summed E-state index contributed by atoms with van der Waals surface area (Å²) in [7, 11) is 0. The molecule has 0 atom stereocenters. The molecule has 2 aromatic rings. The SMILES string of the molecule is O=C(OCc1ccc(Br)cc1)c1ccc(N2CCCCCC2)c([N+](=O)[O-])c1. The van der Waals surface area contributed by atoms with Crippen LogP contribution in [0.5, 0.6) is 0 Å². The third-order valence-electron chi connectivity index (χ3n) is 4.64. The van der Waals surface area contributed by atoms with Crippen LogP contribution in [0.25, 0.3) is 0 Å². The van der Waals surface area contributed by atoms with Crippen molar-refractivity contribution in [1.29, 1.82) is 0 Å². The predicted molar refractivity (Wildman–Crippen MR) is 107 cm³/mol. The van der Waals surface area contributed by atoms with Crippen molar-refractivity contribution in [3.8, 4) is 0 Å². The Labute approximate surface area is 166 Å². The van der Waals surface area contributed by atoms with Gasteiger partial charge in [0.2, 0.25) is 0 Å². The standard InChI is InChI=1S/C20H21BrN2O4/c21-17-8-5-15(6-9-17)14-27-20(24)16-7-10-18(19(13-16)23(25)26)22-11-3-1-2-4-12-22/h5-10,13H,1-4,11-12,14H2. The van der Waals surface area contributed by atoms with Gasteiger partial charge in [-0.3, -0.25) is 10.1 Å². The lowest BCUT2D eigenvalue weighted by molar-refractivity contribution is -0.384. The Morgan fingerprint density at radius 3 is 2.37 bits per heavy atom. The first kappa shape index (κ1) is 19.4. The summed E-state index contributed by atoms with van der Waals surface area (Å²) in [6, 6.07) is 12.0. The molecular formula is C20H21BrN2O4. The molecule has 0 N–H and O–H groups in total. The first-order valence-corrected chi connectivity index (χ1v) is 9.79. The molecule has 0 bridgehead atoms. The van der Waals surface area contributed by atoms with E-state index in [-0.39, 0.29) is 17.9 Å². The Morgan fingerprint density at radius 1 is 1.07 bits per heavy atom. The summed E-state index contributed by atoms with van der Waals surface area (Å²) in [5.41, 5.74) is 1.57. The quantitative estimate of drug-likeness (QED) is 0.373. The Morgan fingerprint density at radius 2 is 1.74 bits per heavy atom. The van der Waals surface area contributed by atoms with Gasteiger partial charge in [0.1, 0.15) is 12.3 Å². The molecule has 142 valence electrons. The van der Waals surface area contributed by atoms with Crippen LogP contribution in [-0.4, -0.2) is 24.0 Å². The van der Waals surface area contributed by atoms with Crippen molar-refractivity contribution in [2.24, 2.45) is 0 Å². The molecule has 0 radical (unpaired) electrons. The van der Waals surface area contributed by atoms with Gasteiger partial charge in [-0.15, -0.1) is 0 Å². The Bertz CT molecular complexity index is 815. The number of carbonyl (C=O) groups is 1. The van der Waals surface area contributed by atoms with Gasteiger partial charge >= 0.3 is 5.97 Å². The lowest BCUT2D eigenvalue weighted by Crippen LogP contribution is -2.24. The van der Waals surface area contributed by atoms with E-state index in [0.717, 1.165) is 48.8 Å². The number of esters is 1. The first-order chi connectivity index (χ1) is 13.0. The molecule has 1 aliphatic heterocycles. The van der Waals surface area contributed by atoms with Crippen molar-refractivity contribution in [2.75, 3.05) is 18.0 Å². The second-order valence-corrected chi connectivity index (χ2v) is 7.48. The van der Waals surface area contributed by atoms with Gasteiger partial charge in [-0.2, -0.15) is 0 Å². The monoisotopic (exact) mass is 432 g/mol. The lowest BCUT2D eigenvalue weighted by atomic mass is 10.1. The molecule has 6 nitrogen and oxygen atoms in total. The Kier molecular flexibility index (Phi) is 6.45. The van der Waals surface area contributed by atoms with Crippen LogP contribution in [0.2, 0.25) is 0 Å². The number of nitro benzene ring substituents is 1. The van der Waals surface area contributed by atoms with Crippen molar-refractivity contribution in [1.82, 2.24) is 0 Å². The highest BCUT2D eigenvalue weighted by molar-refractivity contribution is 9.10. The first-order valence-electron chi connectivity index (χ1n) is 8.99. The molecule has 1 heterocycles. The number of benzene rings is 2. The van der Waals surface area contributed by atoms with Crippen molar-refractivity contribution in [3.05, 3.63) is 68.2 Å². The summed E-state index contributed by atoms with van der Waals surface area (Å²) in [4.78, 5) is 25.5. The molecule has 27 heavy (non-hydrogen) atoms. The Balaban J connectivity index is 1.75. The minimum Gasteiger partial charge on any atom is -0.457 e. The van der Waals surface area contributed by atoms with Gasteiger partial charge in [-0.1, -0.05) is 40.9 Å². The molecule has 0 aromatic heterocycles. The molecule has 1 saturated heterocycles. The maximum Gasteiger partial charge on any atom is 0.338 e. The average Bonchev–Trinajstić information content (AvgIpc) is 2.96. The van der Waals surface area contributed by atoms with E-state index in [9.17, 15) is 14.9 Å². The topological polar surface area (TPSA) is 72.7 Å². The fourth-order valence-corrected chi connectivity index (χ4v) is 3.45. The second kappa shape index (κ2) is 8.99. The number of anilines is 1. The molecule has 0 unspecified atom stereocenters. The van der Waals surface area contributed by atoms with Crippen LogP contribution in [0.3, 0.4) is 0 Å². The summed E-state index contributed by atoms with van der Waals surface area (Å²) in [6.07, 6.45) is 4.33. The molecular weight excluding hydrogens is 412 g/mol. The summed E-state index contributed by atoms with van der Waals surface area (Å²) < 4.78 is 6.25. The molecule has 3 rings (SSSR count). The number of hydrogen-bond acceptors (Lipinski definition) is 5. The molecule has 1 fully saturated rings. The highest BCUT2D eigenvalue weighted by atomic mass is 79.9. The fourth-order valence-electron chi connectivity index (χ4n) is 3.19. The largest absolute Gasteiger partial charge is 0.457 e. The number of nitro groups is 1. The summed E-state index contributed by atoms with van der Waals surface area (Å²) in [5.74, 6) is -0.566.